The zero-order chi connectivity index (χ0) is 17.5. The normalized spacial score (nSPS) is 13.1. The second-order valence-corrected chi connectivity index (χ2v) is 8.20. The number of aromatic nitrogens is 3. The van der Waals surface area contributed by atoms with E-state index in [0.717, 1.165) is 10.6 Å². The molecule has 0 spiro atoms. The maximum Gasteiger partial charge on any atom is 0.174 e. The van der Waals surface area contributed by atoms with Gasteiger partial charge in [-0.3, -0.25) is 19.3 Å². The molecule has 1 atom stereocenters. The zero-order valence-electron chi connectivity index (χ0n) is 14.5. The van der Waals surface area contributed by atoms with Gasteiger partial charge in [-0.1, -0.05) is 19.9 Å². The molecule has 0 bridgehead atoms. The average Bonchev–Trinajstić information content (AvgIpc) is 3.06. The molecule has 0 aromatic carbocycles. The molecule has 2 rings (SSSR count). The van der Waals surface area contributed by atoms with Crippen molar-refractivity contribution in [3.8, 4) is 0 Å². The van der Waals surface area contributed by atoms with Crippen LogP contribution in [0, 0.1) is 5.92 Å². The van der Waals surface area contributed by atoms with Gasteiger partial charge < -0.3 is 0 Å². The third-order valence-corrected chi connectivity index (χ3v) is 5.82. The molecule has 5 nitrogen and oxygen atoms in total. The van der Waals surface area contributed by atoms with Crippen LogP contribution in [0.4, 0.5) is 0 Å². The first-order valence-corrected chi connectivity index (χ1v) is 9.98. The largest absolute Gasteiger partial charge is 0.299 e. The molecular formula is C18H25N3O2S. The Kier molecular flexibility index (Phi) is 6.73. The van der Waals surface area contributed by atoms with Crippen LogP contribution < -0.4 is 0 Å². The van der Waals surface area contributed by atoms with Gasteiger partial charge in [-0.05, 0) is 30.4 Å². The van der Waals surface area contributed by atoms with E-state index in [1.807, 2.05) is 44.5 Å². The second-order valence-electron chi connectivity index (χ2n) is 6.12. The molecule has 0 saturated carbocycles. The number of ketones is 1. The average molecular weight is 347 g/mol. The molecule has 0 aliphatic heterocycles. The Hall–Kier alpha value is -1.95. The third-order valence-electron chi connectivity index (χ3n) is 3.93. The summed E-state index contributed by atoms with van der Waals surface area (Å²) in [6, 6.07) is 5.76. The van der Waals surface area contributed by atoms with Crippen LogP contribution in [-0.2, 0) is 22.6 Å². The van der Waals surface area contributed by atoms with Gasteiger partial charge in [0.1, 0.15) is 10.8 Å². The molecule has 0 saturated heterocycles. The maximum absolute atomic E-state index is 12.4. The summed E-state index contributed by atoms with van der Waals surface area (Å²) in [6.07, 6.45) is 9.04. The summed E-state index contributed by atoms with van der Waals surface area (Å²) in [5.74, 6) is 0.288. The third kappa shape index (κ3) is 5.30. The number of pyridine rings is 1. The number of carbonyl (C=O) groups is 2. The van der Waals surface area contributed by atoms with Crippen molar-refractivity contribution in [1.29, 1.82) is 0 Å². The van der Waals surface area contributed by atoms with Crippen molar-refractivity contribution < 1.29 is 9.59 Å². The molecular weight excluding hydrogens is 322 g/mol. The maximum atomic E-state index is 12.4. The summed E-state index contributed by atoms with van der Waals surface area (Å²) < 4.78 is 1.77. The van der Waals surface area contributed by atoms with E-state index >= 15 is 0 Å². The predicted molar refractivity (Wildman–Crippen MR) is 97.4 cm³/mol. The summed E-state index contributed by atoms with van der Waals surface area (Å²) in [5, 5.41) is 5.54. The minimum atomic E-state index is -0.927. The number of hydrogen-bond acceptors (Lipinski definition) is 4. The number of aryl methyl sites for hydroxylation is 2. The number of rotatable bonds is 8. The lowest BCUT2D eigenvalue weighted by atomic mass is 10.1. The fraction of sp³-hybridized carbons (Fsp3) is 0.444. The van der Waals surface area contributed by atoms with Gasteiger partial charge in [0.05, 0.1) is 0 Å². The van der Waals surface area contributed by atoms with Gasteiger partial charge in [-0.15, -0.1) is 0 Å². The Bertz CT molecular complexity index is 683. The minimum Gasteiger partial charge on any atom is -0.299 e. The molecule has 24 heavy (non-hydrogen) atoms. The fourth-order valence-corrected chi connectivity index (χ4v) is 3.50. The number of Topliss-reactive ketones (excluding diaryl/α,β-unsaturated/α-hetero) is 1. The quantitative estimate of drug-likeness (QED) is 0.746. The Morgan fingerprint density at radius 1 is 1.25 bits per heavy atom. The van der Waals surface area contributed by atoms with Crippen LogP contribution >= 0.6 is 10.9 Å². The highest BCUT2D eigenvalue weighted by molar-refractivity contribution is 8.29. The monoisotopic (exact) mass is 347 g/mol. The standard InChI is InChI=1S/C18H25N3O2S/c1-14(2)16(22)8-11-21-12-9-17(20-21)24(3)18(23)7-6-15-5-4-10-19-13-15/h4-5,9-10,12-14,24H,6-8,11H2,1-3H3. The van der Waals surface area contributed by atoms with Gasteiger partial charge >= 0.3 is 0 Å². The molecule has 1 unspecified atom stereocenters. The van der Waals surface area contributed by atoms with Gasteiger partial charge in [-0.2, -0.15) is 16.0 Å². The number of hydrogen-bond donors (Lipinski definition) is 1. The molecule has 0 N–H and O–H groups in total. The van der Waals surface area contributed by atoms with Crippen molar-refractivity contribution in [3.63, 3.8) is 0 Å². The lowest BCUT2D eigenvalue weighted by Crippen LogP contribution is -2.11. The number of nitrogens with zero attached hydrogens (tertiary/aromatic N) is 3. The molecule has 0 fully saturated rings. The first kappa shape index (κ1) is 18.4. The molecule has 130 valence electrons. The van der Waals surface area contributed by atoms with E-state index in [1.165, 1.54) is 0 Å². The zero-order valence-corrected chi connectivity index (χ0v) is 15.4. The summed E-state index contributed by atoms with van der Waals surface area (Å²) in [6.45, 7) is 4.39. The number of carbonyl (C=O) groups excluding carboxylic acids is 2. The second kappa shape index (κ2) is 8.78. The molecule has 0 radical (unpaired) electrons. The summed E-state index contributed by atoms with van der Waals surface area (Å²) in [7, 11) is -0.927. The highest BCUT2D eigenvalue weighted by Crippen LogP contribution is 2.33. The summed E-state index contributed by atoms with van der Waals surface area (Å²) in [4.78, 5) is 28.1. The first-order valence-electron chi connectivity index (χ1n) is 8.19. The van der Waals surface area contributed by atoms with Crippen molar-refractivity contribution in [2.45, 2.75) is 44.7 Å². The highest BCUT2D eigenvalue weighted by Gasteiger charge is 2.15. The SMILES string of the molecule is CC(C)C(=O)CCn1ccc([SH](C)C(=O)CCc2cccnc2)n1. The molecule has 0 amide bonds. The minimum absolute atomic E-state index is 0.0531. The van der Waals surface area contributed by atoms with Crippen LogP contribution in [0.1, 0.15) is 32.3 Å². The van der Waals surface area contributed by atoms with Gasteiger partial charge in [0, 0.05) is 43.9 Å². The van der Waals surface area contributed by atoms with Crippen LogP contribution in [0.3, 0.4) is 0 Å². The summed E-state index contributed by atoms with van der Waals surface area (Å²) in [5.41, 5.74) is 1.08. The van der Waals surface area contributed by atoms with Gasteiger partial charge in [0.25, 0.3) is 0 Å². The molecule has 0 aliphatic carbocycles. The van der Waals surface area contributed by atoms with Crippen LogP contribution in [0.2, 0.25) is 0 Å². The van der Waals surface area contributed by atoms with E-state index in [-0.39, 0.29) is 16.8 Å². The van der Waals surface area contributed by atoms with E-state index < -0.39 is 10.9 Å². The van der Waals surface area contributed by atoms with Crippen molar-refractivity contribution in [1.82, 2.24) is 14.8 Å². The number of thiol groups is 1. The van der Waals surface area contributed by atoms with Crippen LogP contribution in [-0.4, -0.2) is 31.9 Å². The van der Waals surface area contributed by atoms with Crippen LogP contribution in [0.5, 0.6) is 0 Å². The Morgan fingerprint density at radius 2 is 2.04 bits per heavy atom. The van der Waals surface area contributed by atoms with Crippen molar-refractivity contribution >= 4 is 21.8 Å². The lowest BCUT2D eigenvalue weighted by Gasteiger charge is -2.12. The van der Waals surface area contributed by atoms with Crippen LogP contribution in [0.15, 0.2) is 41.8 Å². The first-order chi connectivity index (χ1) is 11.5. The Labute approximate surface area is 145 Å². The van der Waals surface area contributed by atoms with Crippen molar-refractivity contribution in [2.24, 2.45) is 5.92 Å². The van der Waals surface area contributed by atoms with Crippen molar-refractivity contribution in [3.05, 3.63) is 42.4 Å². The molecule has 2 aromatic heterocycles. The van der Waals surface area contributed by atoms with Crippen LogP contribution in [0.25, 0.3) is 0 Å². The predicted octanol–water partition coefficient (Wildman–Crippen LogP) is 3.04. The fourth-order valence-electron chi connectivity index (χ4n) is 2.26. The lowest BCUT2D eigenvalue weighted by molar-refractivity contribution is -0.122. The van der Waals surface area contributed by atoms with E-state index in [9.17, 15) is 9.59 Å². The van der Waals surface area contributed by atoms with E-state index in [4.69, 9.17) is 0 Å². The van der Waals surface area contributed by atoms with E-state index in [2.05, 4.69) is 10.1 Å². The van der Waals surface area contributed by atoms with E-state index in [0.29, 0.717) is 25.8 Å². The Morgan fingerprint density at radius 3 is 2.71 bits per heavy atom. The Balaban J connectivity index is 1.86. The van der Waals surface area contributed by atoms with Gasteiger partial charge in [-0.25, -0.2) is 0 Å². The van der Waals surface area contributed by atoms with E-state index in [1.54, 1.807) is 17.1 Å². The molecule has 6 heteroatoms. The molecule has 2 heterocycles. The highest BCUT2D eigenvalue weighted by atomic mass is 32.2. The smallest absolute Gasteiger partial charge is 0.174 e. The summed E-state index contributed by atoms with van der Waals surface area (Å²) >= 11 is 0. The van der Waals surface area contributed by atoms with Gasteiger partial charge in [0.15, 0.2) is 5.12 Å². The molecule has 2 aromatic rings. The topological polar surface area (TPSA) is 64.8 Å². The van der Waals surface area contributed by atoms with Crippen molar-refractivity contribution in [2.75, 3.05) is 6.26 Å². The molecule has 0 aliphatic rings. The van der Waals surface area contributed by atoms with Gasteiger partial charge in [0.2, 0.25) is 0 Å².